The van der Waals surface area contributed by atoms with Crippen LogP contribution in [0, 0.1) is 0 Å². The number of carbonyl (C=O) groups is 1. The van der Waals surface area contributed by atoms with Gasteiger partial charge < -0.3 is 15.4 Å². The van der Waals surface area contributed by atoms with E-state index in [1.54, 1.807) is 0 Å². The van der Waals surface area contributed by atoms with Crippen molar-refractivity contribution in [3.63, 3.8) is 0 Å². The highest BCUT2D eigenvalue weighted by Gasteiger charge is 2.08. The van der Waals surface area contributed by atoms with Gasteiger partial charge in [0.2, 0.25) is 0 Å². The zero-order valence-corrected chi connectivity index (χ0v) is 17.5. The van der Waals surface area contributed by atoms with Crippen LogP contribution in [0.5, 0.6) is 5.75 Å². The summed E-state index contributed by atoms with van der Waals surface area (Å²) < 4.78 is 5.70. The third kappa shape index (κ3) is 5.58. The maximum atomic E-state index is 12.2. The number of rotatable bonds is 6. The summed E-state index contributed by atoms with van der Waals surface area (Å²) in [6, 6.07) is 31.2. The Hall–Kier alpha value is -3.90. The Kier molecular flexibility index (Phi) is 6.40. The molecule has 0 bridgehead atoms. The van der Waals surface area contributed by atoms with Crippen LogP contribution < -0.4 is 20.7 Å². The molecule has 5 nitrogen and oxygen atoms in total. The van der Waals surface area contributed by atoms with Gasteiger partial charge in [-0.25, -0.2) is 0 Å². The molecule has 0 aliphatic carbocycles. The fourth-order valence-corrected chi connectivity index (χ4v) is 3.35. The van der Waals surface area contributed by atoms with Crippen LogP contribution in [0.1, 0.15) is 0 Å². The number of anilines is 3. The van der Waals surface area contributed by atoms with Crippen LogP contribution in [0.3, 0.4) is 0 Å². The van der Waals surface area contributed by atoms with Gasteiger partial charge in [-0.1, -0.05) is 54.6 Å². The number of nitrogens with one attached hydrogen (secondary N) is 3. The largest absolute Gasteiger partial charge is 0.483 e. The lowest BCUT2D eigenvalue weighted by molar-refractivity contribution is -0.121. The SMILES string of the molecule is O=C(COc1cccc2ccccc12)NC(=S)Nc1ccc(Nc2ccccc2)cc1. The minimum Gasteiger partial charge on any atom is -0.483 e. The molecule has 31 heavy (non-hydrogen) atoms. The average molecular weight is 428 g/mol. The number of fused-ring (bicyclic) bond motifs is 1. The van der Waals surface area contributed by atoms with Crippen molar-refractivity contribution in [2.45, 2.75) is 0 Å². The summed E-state index contributed by atoms with van der Waals surface area (Å²) in [7, 11) is 0. The summed E-state index contributed by atoms with van der Waals surface area (Å²) in [5.41, 5.74) is 2.74. The molecule has 4 aromatic rings. The minimum atomic E-state index is -0.326. The fourth-order valence-electron chi connectivity index (χ4n) is 3.11. The summed E-state index contributed by atoms with van der Waals surface area (Å²) in [4.78, 5) is 12.2. The van der Waals surface area contributed by atoms with E-state index in [1.807, 2.05) is 97.1 Å². The molecule has 6 heteroatoms. The van der Waals surface area contributed by atoms with Crippen molar-refractivity contribution in [3.8, 4) is 5.75 Å². The van der Waals surface area contributed by atoms with E-state index in [-0.39, 0.29) is 17.6 Å². The molecule has 1 amide bonds. The molecule has 154 valence electrons. The lowest BCUT2D eigenvalue weighted by Gasteiger charge is -2.12. The topological polar surface area (TPSA) is 62.4 Å². The molecule has 0 saturated carbocycles. The van der Waals surface area contributed by atoms with Crippen LogP contribution in [-0.2, 0) is 4.79 Å². The Labute approximate surface area is 186 Å². The molecular weight excluding hydrogens is 406 g/mol. The first-order chi connectivity index (χ1) is 15.2. The summed E-state index contributed by atoms with van der Waals surface area (Å²) in [6.07, 6.45) is 0. The van der Waals surface area contributed by atoms with Crippen molar-refractivity contribution >= 4 is 51.1 Å². The average Bonchev–Trinajstić information content (AvgIpc) is 2.79. The summed E-state index contributed by atoms with van der Waals surface area (Å²) in [5, 5.41) is 11.2. The second kappa shape index (κ2) is 9.73. The van der Waals surface area contributed by atoms with Gasteiger partial charge in [0.25, 0.3) is 5.91 Å². The maximum absolute atomic E-state index is 12.2. The van der Waals surface area contributed by atoms with Crippen LogP contribution >= 0.6 is 12.2 Å². The number of amides is 1. The molecule has 0 radical (unpaired) electrons. The number of hydrogen-bond acceptors (Lipinski definition) is 4. The van der Waals surface area contributed by atoms with Gasteiger partial charge in [0, 0.05) is 22.4 Å². The van der Waals surface area contributed by atoms with Crippen molar-refractivity contribution in [2.75, 3.05) is 17.2 Å². The van der Waals surface area contributed by atoms with Crippen molar-refractivity contribution in [3.05, 3.63) is 97.1 Å². The molecule has 0 aliphatic heterocycles. The maximum Gasteiger partial charge on any atom is 0.264 e. The van der Waals surface area contributed by atoms with Gasteiger partial charge in [-0.15, -0.1) is 0 Å². The Morgan fingerprint density at radius 2 is 1.39 bits per heavy atom. The highest BCUT2D eigenvalue weighted by atomic mass is 32.1. The number of para-hydroxylation sites is 1. The van der Waals surface area contributed by atoms with Gasteiger partial charge >= 0.3 is 0 Å². The molecule has 0 unspecified atom stereocenters. The van der Waals surface area contributed by atoms with Crippen LogP contribution in [0.4, 0.5) is 17.1 Å². The lowest BCUT2D eigenvalue weighted by Crippen LogP contribution is -2.37. The standard InChI is InChI=1S/C25H21N3O2S/c29-24(17-30-23-12-6-8-18-7-4-5-11-22(18)23)28-25(31)27-21-15-13-20(14-16-21)26-19-9-2-1-3-10-19/h1-16,26H,17H2,(H2,27,28,29,31). The van der Waals surface area contributed by atoms with E-state index in [9.17, 15) is 4.79 Å². The molecule has 0 saturated heterocycles. The van der Waals surface area contributed by atoms with Crippen molar-refractivity contribution in [2.24, 2.45) is 0 Å². The molecule has 0 heterocycles. The second-order valence-corrected chi connectivity index (χ2v) is 7.24. The van der Waals surface area contributed by atoms with Gasteiger partial charge in [-0.05, 0) is 60.1 Å². The van der Waals surface area contributed by atoms with Crippen molar-refractivity contribution < 1.29 is 9.53 Å². The first-order valence-corrected chi connectivity index (χ1v) is 10.2. The minimum absolute atomic E-state index is 0.129. The number of ether oxygens (including phenoxy) is 1. The van der Waals surface area contributed by atoms with E-state index in [0.717, 1.165) is 27.8 Å². The van der Waals surface area contributed by atoms with E-state index in [1.165, 1.54) is 0 Å². The molecule has 0 aliphatic rings. The fraction of sp³-hybridized carbons (Fsp3) is 0.0400. The van der Waals surface area contributed by atoms with Crippen LogP contribution in [0.25, 0.3) is 10.8 Å². The van der Waals surface area contributed by atoms with Crippen LogP contribution in [0.15, 0.2) is 97.1 Å². The summed E-state index contributed by atoms with van der Waals surface area (Å²) in [5.74, 6) is 0.335. The Morgan fingerprint density at radius 1 is 0.742 bits per heavy atom. The highest BCUT2D eigenvalue weighted by Crippen LogP contribution is 2.25. The smallest absolute Gasteiger partial charge is 0.264 e. The Bertz CT molecular complexity index is 1190. The quantitative estimate of drug-likeness (QED) is 0.356. The van der Waals surface area contributed by atoms with E-state index < -0.39 is 0 Å². The second-order valence-electron chi connectivity index (χ2n) is 6.84. The molecular formula is C25H21N3O2S. The third-order valence-corrected chi connectivity index (χ3v) is 4.77. The van der Waals surface area contributed by atoms with Gasteiger partial charge in [0.15, 0.2) is 11.7 Å². The van der Waals surface area contributed by atoms with E-state index in [0.29, 0.717) is 5.75 Å². The van der Waals surface area contributed by atoms with E-state index in [2.05, 4.69) is 16.0 Å². The van der Waals surface area contributed by atoms with Gasteiger partial charge in [0.1, 0.15) is 5.75 Å². The summed E-state index contributed by atoms with van der Waals surface area (Å²) >= 11 is 5.24. The molecule has 0 spiro atoms. The monoisotopic (exact) mass is 427 g/mol. The predicted molar refractivity (Wildman–Crippen MR) is 130 cm³/mol. The molecule has 0 fully saturated rings. The van der Waals surface area contributed by atoms with Gasteiger partial charge in [-0.2, -0.15) is 0 Å². The highest BCUT2D eigenvalue weighted by molar-refractivity contribution is 7.80. The molecule has 0 atom stereocenters. The molecule has 0 aromatic heterocycles. The van der Waals surface area contributed by atoms with E-state index >= 15 is 0 Å². The van der Waals surface area contributed by atoms with E-state index in [4.69, 9.17) is 17.0 Å². The zero-order valence-electron chi connectivity index (χ0n) is 16.7. The molecule has 4 rings (SSSR count). The predicted octanol–water partition coefficient (Wildman–Crippen LogP) is 5.48. The number of thiocarbonyl (C=S) groups is 1. The lowest BCUT2D eigenvalue weighted by atomic mass is 10.1. The number of benzene rings is 4. The summed E-state index contributed by atoms with van der Waals surface area (Å²) in [6.45, 7) is -0.129. The van der Waals surface area contributed by atoms with Gasteiger partial charge in [0.05, 0.1) is 0 Å². The van der Waals surface area contributed by atoms with Crippen molar-refractivity contribution in [1.82, 2.24) is 5.32 Å². The van der Waals surface area contributed by atoms with Crippen LogP contribution in [0.2, 0.25) is 0 Å². The molecule has 4 aromatic carbocycles. The molecule has 3 N–H and O–H groups in total. The van der Waals surface area contributed by atoms with Gasteiger partial charge in [-0.3, -0.25) is 10.1 Å². The van der Waals surface area contributed by atoms with Crippen LogP contribution in [-0.4, -0.2) is 17.6 Å². The number of carbonyl (C=O) groups excluding carboxylic acids is 1. The Morgan fingerprint density at radius 3 is 2.19 bits per heavy atom. The normalized spacial score (nSPS) is 10.3. The zero-order chi connectivity index (χ0) is 21.5. The Balaban J connectivity index is 1.27. The van der Waals surface area contributed by atoms with Crippen molar-refractivity contribution in [1.29, 1.82) is 0 Å². The first-order valence-electron chi connectivity index (χ1n) is 9.81. The third-order valence-electron chi connectivity index (χ3n) is 4.57. The number of hydrogen-bond donors (Lipinski definition) is 3. The first kappa shape index (κ1) is 20.4.